The van der Waals surface area contributed by atoms with Gasteiger partial charge in [0.15, 0.2) is 11.5 Å². The van der Waals surface area contributed by atoms with Crippen LogP contribution >= 0.6 is 12.4 Å². The van der Waals surface area contributed by atoms with Crippen LogP contribution in [0.2, 0.25) is 0 Å². The van der Waals surface area contributed by atoms with Gasteiger partial charge in [-0.2, -0.15) is 8.42 Å². The Morgan fingerprint density at radius 3 is 2.52 bits per heavy atom. The summed E-state index contributed by atoms with van der Waals surface area (Å²) in [4.78, 5) is 2.51. The zero-order chi connectivity index (χ0) is 21.6. The van der Waals surface area contributed by atoms with Crippen molar-refractivity contribution in [3.8, 4) is 11.5 Å². The summed E-state index contributed by atoms with van der Waals surface area (Å²) in [6.07, 6.45) is 2.73. The molecule has 2 N–H and O–H groups in total. The standard InChI is InChI=1S/C23H30N2O4S.ClH/c1-14-5-6-15(2)17(9-14)19-13-25-8-7-16-10-23(29-30(4,26)27)22(28-3)11-18(16)21(25)12-20(19)24;/h5-6,9-11,19-21H,7-8,12-13,24H2,1-4H3;1H/t19-,20+,21+;/m1./s1. The first kappa shape index (κ1) is 23.9. The lowest BCUT2D eigenvalue weighted by molar-refractivity contribution is 0.109. The maximum absolute atomic E-state index is 11.6. The first-order chi connectivity index (χ1) is 14.2. The fourth-order valence-electron chi connectivity index (χ4n) is 4.94. The van der Waals surface area contributed by atoms with Crippen molar-refractivity contribution in [3.05, 3.63) is 58.1 Å². The Balaban J connectivity index is 0.00000272. The molecule has 4 rings (SSSR count). The van der Waals surface area contributed by atoms with Gasteiger partial charge in [0.1, 0.15) is 0 Å². The smallest absolute Gasteiger partial charge is 0.306 e. The molecular weight excluding hydrogens is 436 g/mol. The second-order valence-corrected chi connectivity index (χ2v) is 10.2. The molecular formula is C23H31ClN2O4S. The summed E-state index contributed by atoms with van der Waals surface area (Å²) >= 11 is 0. The number of fused-ring (bicyclic) bond motifs is 3. The fraction of sp³-hybridized carbons (Fsp3) is 0.478. The van der Waals surface area contributed by atoms with E-state index >= 15 is 0 Å². The topological polar surface area (TPSA) is 81.9 Å². The summed E-state index contributed by atoms with van der Waals surface area (Å²) in [5.74, 6) is 0.990. The summed E-state index contributed by atoms with van der Waals surface area (Å²) in [7, 11) is -2.10. The molecule has 31 heavy (non-hydrogen) atoms. The van der Waals surface area contributed by atoms with Crippen LogP contribution in [0.15, 0.2) is 30.3 Å². The minimum atomic E-state index is -3.62. The molecule has 0 aliphatic carbocycles. The van der Waals surface area contributed by atoms with Crippen molar-refractivity contribution in [2.45, 2.75) is 44.7 Å². The highest BCUT2D eigenvalue weighted by Gasteiger charge is 2.39. The predicted molar refractivity (Wildman–Crippen MR) is 125 cm³/mol. The number of rotatable bonds is 4. The van der Waals surface area contributed by atoms with Crippen molar-refractivity contribution in [2.24, 2.45) is 5.73 Å². The van der Waals surface area contributed by atoms with Gasteiger partial charge in [-0.1, -0.05) is 23.8 Å². The van der Waals surface area contributed by atoms with Crippen molar-refractivity contribution in [2.75, 3.05) is 26.5 Å². The van der Waals surface area contributed by atoms with Gasteiger partial charge < -0.3 is 14.7 Å². The van der Waals surface area contributed by atoms with Crippen LogP contribution in [0.5, 0.6) is 11.5 Å². The van der Waals surface area contributed by atoms with E-state index in [0.29, 0.717) is 11.7 Å². The van der Waals surface area contributed by atoms with E-state index < -0.39 is 10.1 Å². The number of methoxy groups -OCH3 is 1. The molecule has 2 heterocycles. The number of nitrogens with zero attached hydrogens (tertiary/aromatic N) is 1. The summed E-state index contributed by atoms with van der Waals surface area (Å²) in [5, 5.41) is 0. The van der Waals surface area contributed by atoms with E-state index in [9.17, 15) is 8.42 Å². The van der Waals surface area contributed by atoms with Crippen molar-refractivity contribution < 1.29 is 17.3 Å². The maximum Gasteiger partial charge on any atom is 0.306 e. The van der Waals surface area contributed by atoms with E-state index in [2.05, 4.69) is 36.9 Å². The van der Waals surface area contributed by atoms with E-state index in [0.717, 1.165) is 43.3 Å². The minimum Gasteiger partial charge on any atom is -0.493 e. The lowest BCUT2D eigenvalue weighted by atomic mass is 9.77. The summed E-state index contributed by atoms with van der Waals surface area (Å²) in [5.41, 5.74) is 12.9. The monoisotopic (exact) mass is 466 g/mol. The van der Waals surface area contributed by atoms with Crippen LogP contribution in [0.25, 0.3) is 0 Å². The minimum absolute atomic E-state index is 0. The molecule has 3 atom stereocenters. The average molecular weight is 467 g/mol. The SMILES string of the molecule is COc1cc2c(cc1OS(C)(=O)=O)CCN1C[C@H](c3cc(C)ccc3C)[C@@H](N)C[C@@H]21.Cl. The molecule has 1 fully saturated rings. The van der Waals surface area contributed by atoms with Gasteiger partial charge in [-0.3, -0.25) is 4.90 Å². The van der Waals surface area contributed by atoms with E-state index in [4.69, 9.17) is 14.7 Å². The lowest BCUT2D eigenvalue weighted by Crippen LogP contribution is -2.49. The largest absolute Gasteiger partial charge is 0.493 e. The van der Waals surface area contributed by atoms with Crippen molar-refractivity contribution in [1.29, 1.82) is 0 Å². The molecule has 0 amide bonds. The third-order valence-corrected chi connectivity index (χ3v) is 6.89. The molecule has 2 aliphatic rings. The Kier molecular flexibility index (Phi) is 6.91. The zero-order valence-electron chi connectivity index (χ0n) is 18.4. The number of nitrogens with two attached hydrogens (primary N) is 1. The Morgan fingerprint density at radius 1 is 1.10 bits per heavy atom. The zero-order valence-corrected chi connectivity index (χ0v) is 20.1. The van der Waals surface area contributed by atoms with Gasteiger partial charge in [0, 0.05) is 31.1 Å². The van der Waals surface area contributed by atoms with Crippen LogP contribution in [0.4, 0.5) is 0 Å². The predicted octanol–water partition coefficient (Wildman–Crippen LogP) is 3.49. The number of benzene rings is 2. The third-order valence-electron chi connectivity index (χ3n) is 6.41. The summed E-state index contributed by atoms with van der Waals surface area (Å²) in [6.45, 7) is 6.11. The van der Waals surface area contributed by atoms with E-state index in [1.54, 1.807) is 0 Å². The highest BCUT2D eigenvalue weighted by molar-refractivity contribution is 7.86. The van der Waals surface area contributed by atoms with Gasteiger partial charge in [-0.15, -0.1) is 12.4 Å². The highest BCUT2D eigenvalue weighted by Crippen LogP contribution is 2.44. The lowest BCUT2D eigenvalue weighted by Gasteiger charge is -2.46. The summed E-state index contributed by atoms with van der Waals surface area (Å²) < 4.78 is 33.9. The van der Waals surface area contributed by atoms with Crippen LogP contribution in [0, 0.1) is 13.8 Å². The van der Waals surface area contributed by atoms with Crippen LogP contribution in [-0.4, -0.2) is 45.8 Å². The fourth-order valence-corrected chi connectivity index (χ4v) is 5.40. The molecule has 0 bridgehead atoms. The Bertz CT molecular complexity index is 1070. The molecule has 8 heteroatoms. The number of ether oxygens (including phenoxy) is 1. The molecule has 6 nitrogen and oxygen atoms in total. The maximum atomic E-state index is 11.6. The molecule has 0 spiro atoms. The van der Waals surface area contributed by atoms with Crippen LogP contribution < -0.4 is 14.7 Å². The Hall–Kier alpha value is -1.80. The van der Waals surface area contributed by atoms with Crippen molar-refractivity contribution >= 4 is 22.5 Å². The molecule has 170 valence electrons. The van der Waals surface area contributed by atoms with Gasteiger partial charge in [0.25, 0.3) is 0 Å². The summed E-state index contributed by atoms with van der Waals surface area (Å²) in [6, 6.07) is 10.6. The first-order valence-electron chi connectivity index (χ1n) is 10.3. The second-order valence-electron chi connectivity index (χ2n) is 8.62. The molecule has 2 aliphatic heterocycles. The van der Waals surface area contributed by atoms with E-state index in [1.165, 1.54) is 23.8 Å². The number of piperidine rings is 1. The molecule has 1 saturated heterocycles. The van der Waals surface area contributed by atoms with Gasteiger partial charge in [0.05, 0.1) is 13.4 Å². The van der Waals surface area contributed by atoms with Crippen molar-refractivity contribution in [3.63, 3.8) is 0 Å². The van der Waals surface area contributed by atoms with Gasteiger partial charge in [-0.25, -0.2) is 0 Å². The molecule has 0 saturated carbocycles. The van der Waals surface area contributed by atoms with Gasteiger partial charge in [0.2, 0.25) is 0 Å². The molecule has 2 aromatic rings. The first-order valence-corrected chi connectivity index (χ1v) is 12.1. The van der Waals surface area contributed by atoms with Gasteiger partial charge in [-0.05, 0) is 61.1 Å². The highest BCUT2D eigenvalue weighted by atomic mass is 35.5. The molecule has 2 aromatic carbocycles. The van der Waals surface area contributed by atoms with Crippen LogP contribution in [-0.2, 0) is 16.5 Å². The number of aryl methyl sites for hydroxylation is 2. The molecule has 0 radical (unpaired) electrons. The Morgan fingerprint density at radius 2 is 1.84 bits per heavy atom. The van der Waals surface area contributed by atoms with Crippen LogP contribution in [0.1, 0.15) is 46.2 Å². The van der Waals surface area contributed by atoms with Crippen molar-refractivity contribution in [1.82, 2.24) is 4.90 Å². The Labute approximate surface area is 191 Å². The normalized spacial score (nSPS) is 23.3. The van der Waals surface area contributed by atoms with E-state index in [1.807, 2.05) is 12.1 Å². The third kappa shape index (κ3) is 4.85. The molecule has 0 aromatic heterocycles. The average Bonchev–Trinajstić information content (AvgIpc) is 2.67. The quantitative estimate of drug-likeness (QED) is 0.694. The number of hydrogen-bond donors (Lipinski definition) is 1. The van der Waals surface area contributed by atoms with Crippen LogP contribution in [0.3, 0.4) is 0 Å². The second kappa shape index (κ2) is 8.98. The molecule has 0 unspecified atom stereocenters. The van der Waals surface area contributed by atoms with Gasteiger partial charge >= 0.3 is 10.1 Å². The van der Waals surface area contributed by atoms with E-state index in [-0.39, 0.29) is 30.2 Å². The number of halogens is 1. The number of hydrogen-bond acceptors (Lipinski definition) is 6.